The smallest absolute Gasteiger partial charge is 0.243 e. The highest BCUT2D eigenvalue weighted by atomic mass is 32.2. The molecule has 30 heavy (non-hydrogen) atoms. The van der Waals surface area contributed by atoms with Crippen LogP contribution < -0.4 is 5.73 Å². The van der Waals surface area contributed by atoms with Crippen molar-refractivity contribution in [2.45, 2.75) is 10.1 Å². The van der Waals surface area contributed by atoms with E-state index in [1.54, 1.807) is 28.6 Å². The monoisotopic (exact) mass is 446 g/mol. The van der Waals surface area contributed by atoms with E-state index < -0.39 is 10.0 Å². The topological polar surface area (TPSA) is 114 Å². The standard InChI is InChI=1S/C19H22N6O3S2/c1-23-18(20)21-22-19(23)29-13-17(26)24-8-10-25(11-9-24)30(27,28)16-7-6-14-4-2-3-5-15(14)12-16/h2-7,12H,8-11,13H2,1H3,(H2,20,21). The lowest BCUT2D eigenvalue weighted by Crippen LogP contribution is -2.50. The number of hydrogen-bond donors (Lipinski definition) is 1. The summed E-state index contributed by atoms with van der Waals surface area (Å²) in [6.45, 7) is 1.24. The van der Waals surface area contributed by atoms with Crippen LogP contribution in [0.15, 0.2) is 52.5 Å². The first-order valence-electron chi connectivity index (χ1n) is 9.40. The molecule has 0 atom stereocenters. The number of carbonyl (C=O) groups excluding carboxylic acids is 1. The van der Waals surface area contributed by atoms with Crippen LogP contribution in [0.5, 0.6) is 0 Å². The molecule has 2 heterocycles. The van der Waals surface area contributed by atoms with Gasteiger partial charge in [-0.25, -0.2) is 8.42 Å². The summed E-state index contributed by atoms with van der Waals surface area (Å²) in [7, 11) is -1.87. The van der Waals surface area contributed by atoms with Gasteiger partial charge in [0.05, 0.1) is 10.6 Å². The fourth-order valence-electron chi connectivity index (χ4n) is 3.32. The summed E-state index contributed by atoms with van der Waals surface area (Å²) in [6.07, 6.45) is 0. The number of nitrogens with zero attached hydrogens (tertiary/aromatic N) is 5. The van der Waals surface area contributed by atoms with Crippen molar-refractivity contribution in [3.05, 3.63) is 42.5 Å². The van der Waals surface area contributed by atoms with Gasteiger partial charge < -0.3 is 10.6 Å². The van der Waals surface area contributed by atoms with E-state index in [1.165, 1.54) is 16.1 Å². The van der Waals surface area contributed by atoms with Gasteiger partial charge in [-0.2, -0.15) is 4.31 Å². The van der Waals surface area contributed by atoms with Crippen LogP contribution in [0.3, 0.4) is 0 Å². The molecule has 0 spiro atoms. The molecule has 0 bridgehead atoms. The van der Waals surface area contributed by atoms with Crippen molar-refractivity contribution in [1.29, 1.82) is 0 Å². The van der Waals surface area contributed by atoms with Gasteiger partial charge in [0.25, 0.3) is 0 Å². The van der Waals surface area contributed by atoms with Crippen LogP contribution in [-0.2, 0) is 21.9 Å². The van der Waals surface area contributed by atoms with Gasteiger partial charge in [0.15, 0.2) is 5.16 Å². The number of thioether (sulfide) groups is 1. The number of piperazine rings is 1. The van der Waals surface area contributed by atoms with Gasteiger partial charge in [-0.05, 0) is 22.9 Å². The Morgan fingerprint density at radius 3 is 2.43 bits per heavy atom. The molecule has 1 amide bonds. The minimum absolute atomic E-state index is 0.0654. The lowest BCUT2D eigenvalue weighted by Gasteiger charge is -2.34. The molecule has 1 aliphatic heterocycles. The molecule has 3 aromatic rings. The first-order chi connectivity index (χ1) is 14.4. The van der Waals surface area contributed by atoms with E-state index in [4.69, 9.17) is 5.73 Å². The molecule has 0 unspecified atom stereocenters. The van der Waals surface area contributed by atoms with Crippen molar-refractivity contribution in [3.8, 4) is 0 Å². The third kappa shape index (κ3) is 4.00. The fraction of sp³-hybridized carbons (Fsp3) is 0.316. The number of carbonyl (C=O) groups is 1. The second-order valence-corrected chi connectivity index (χ2v) is 9.86. The Kier molecular flexibility index (Phi) is 5.67. The second-order valence-electron chi connectivity index (χ2n) is 6.98. The SMILES string of the molecule is Cn1c(N)nnc1SCC(=O)N1CCN(S(=O)(=O)c2ccc3ccccc3c2)CC1. The van der Waals surface area contributed by atoms with Crippen LogP contribution in [0.2, 0.25) is 0 Å². The average molecular weight is 447 g/mol. The maximum atomic E-state index is 13.0. The molecule has 1 saturated heterocycles. The number of fused-ring (bicyclic) bond motifs is 1. The van der Waals surface area contributed by atoms with Gasteiger partial charge in [-0.15, -0.1) is 10.2 Å². The van der Waals surface area contributed by atoms with Crippen molar-refractivity contribution in [2.75, 3.05) is 37.7 Å². The van der Waals surface area contributed by atoms with Crippen molar-refractivity contribution in [3.63, 3.8) is 0 Å². The van der Waals surface area contributed by atoms with Crippen LogP contribution in [0.1, 0.15) is 0 Å². The van der Waals surface area contributed by atoms with Gasteiger partial charge in [-0.1, -0.05) is 42.1 Å². The van der Waals surface area contributed by atoms with Crippen LogP contribution >= 0.6 is 11.8 Å². The summed E-state index contributed by atoms with van der Waals surface area (Å²) in [5.41, 5.74) is 5.64. The predicted molar refractivity (Wildman–Crippen MR) is 115 cm³/mol. The molecule has 1 fully saturated rings. The van der Waals surface area contributed by atoms with E-state index in [2.05, 4.69) is 10.2 Å². The van der Waals surface area contributed by atoms with Crippen LogP contribution in [0.4, 0.5) is 5.95 Å². The third-order valence-electron chi connectivity index (χ3n) is 5.14. The largest absolute Gasteiger partial charge is 0.368 e. The van der Waals surface area contributed by atoms with E-state index in [0.717, 1.165) is 10.8 Å². The first-order valence-corrected chi connectivity index (χ1v) is 11.8. The molecular formula is C19H22N6O3S2. The molecule has 158 valence electrons. The minimum atomic E-state index is -3.61. The van der Waals surface area contributed by atoms with Crippen molar-refractivity contribution >= 4 is 44.4 Å². The lowest BCUT2D eigenvalue weighted by molar-refractivity contribution is -0.129. The average Bonchev–Trinajstić information content (AvgIpc) is 3.09. The normalized spacial score (nSPS) is 15.6. The highest BCUT2D eigenvalue weighted by Gasteiger charge is 2.30. The van der Waals surface area contributed by atoms with Crippen LogP contribution in [-0.4, -0.2) is 70.2 Å². The number of nitrogen functional groups attached to an aromatic ring is 1. The highest BCUT2D eigenvalue weighted by molar-refractivity contribution is 7.99. The quantitative estimate of drug-likeness (QED) is 0.585. The maximum absolute atomic E-state index is 13.0. The molecule has 2 N–H and O–H groups in total. The molecule has 0 aliphatic carbocycles. The van der Waals surface area contributed by atoms with E-state index in [-0.39, 0.29) is 35.6 Å². The molecule has 1 aliphatic rings. The Bertz CT molecular complexity index is 1190. The first kappa shape index (κ1) is 20.6. The molecular weight excluding hydrogens is 424 g/mol. The van der Waals surface area contributed by atoms with E-state index >= 15 is 0 Å². The van der Waals surface area contributed by atoms with Crippen molar-refractivity contribution in [1.82, 2.24) is 24.0 Å². The molecule has 0 saturated carbocycles. The van der Waals surface area contributed by atoms with Crippen molar-refractivity contribution in [2.24, 2.45) is 7.05 Å². The summed E-state index contributed by atoms with van der Waals surface area (Å²) >= 11 is 1.26. The number of amides is 1. The van der Waals surface area contributed by atoms with E-state index in [0.29, 0.717) is 18.2 Å². The highest BCUT2D eigenvalue weighted by Crippen LogP contribution is 2.23. The Labute approximate surface area is 178 Å². The van der Waals surface area contributed by atoms with Crippen LogP contribution in [0.25, 0.3) is 10.8 Å². The Hall–Kier alpha value is -2.63. The number of aromatic nitrogens is 3. The fourth-order valence-corrected chi connectivity index (χ4v) is 5.60. The number of sulfonamides is 1. The molecule has 9 nitrogen and oxygen atoms in total. The summed E-state index contributed by atoms with van der Waals surface area (Å²) in [5.74, 6) is 0.422. The zero-order valence-corrected chi connectivity index (χ0v) is 18.1. The Balaban J connectivity index is 1.38. The van der Waals surface area contributed by atoms with Gasteiger partial charge in [0.2, 0.25) is 21.9 Å². The zero-order valence-electron chi connectivity index (χ0n) is 16.4. The van der Waals surface area contributed by atoms with E-state index in [9.17, 15) is 13.2 Å². The van der Waals surface area contributed by atoms with Gasteiger partial charge in [-0.3, -0.25) is 9.36 Å². The summed E-state index contributed by atoms with van der Waals surface area (Å²) in [6, 6.07) is 12.8. The third-order valence-corrected chi connectivity index (χ3v) is 8.04. The summed E-state index contributed by atoms with van der Waals surface area (Å²) in [4.78, 5) is 14.5. The van der Waals surface area contributed by atoms with Gasteiger partial charge in [0.1, 0.15) is 0 Å². The van der Waals surface area contributed by atoms with Crippen LogP contribution in [0, 0.1) is 0 Å². The van der Waals surface area contributed by atoms with E-state index in [1.807, 2.05) is 30.3 Å². The number of benzene rings is 2. The lowest BCUT2D eigenvalue weighted by atomic mass is 10.1. The predicted octanol–water partition coefficient (Wildman–Crippen LogP) is 1.18. The maximum Gasteiger partial charge on any atom is 0.243 e. The Morgan fingerprint density at radius 2 is 1.77 bits per heavy atom. The van der Waals surface area contributed by atoms with Crippen molar-refractivity contribution < 1.29 is 13.2 Å². The molecule has 0 radical (unpaired) electrons. The summed E-state index contributed by atoms with van der Waals surface area (Å²) < 4.78 is 29.2. The summed E-state index contributed by atoms with van der Waals surface area (Å²) in [5, 5.41) is 10.1. The zero-order chi connectivity index (χ0) is 21.3. The second kappa shape index (κ2) is 8.25. The molecule has 1 aromatic heterocycles. The minimum Gasteiger partial charge on any atom is -0.368 e. The molecule has 4 rings (SSSR count). The molecule has 2 aromatic carbocycles. The van der Waals surface area contributed by atoms with Gasteiger partial charge >= 0.3 is 0 Å². The number of nitrogens with two attached hydrogens (primary N) is 1. The van der Waals surface area contributed by atoms with Gasteiger partial charge in [0, 0.05) is 33.2 Å². The Morgan fingerprint density at radius 1 is 1.07 bits per heavy atom. The molecule has 11 heteroatoms. The number of hydrogen-bond acceptors (Lipinski definition) is 7. The number of anilines is 1. The number of rotatable bonds is 5.